The summed E-state index contributed by atoms with van der Waals surface area (Å²) in [7, 11) is 1.87. The van der Waals surface area contributed by atoms with Gasteiger partial charge in [-0.15, -0.1) is 0 Å². The van der Waals surface area contributed by atoms with Crippen LogP contribution in [0.5, 0.6) is 5.75 Å². The molecule has 0 spiro atoms. The molecule has 2 N–H and O–H groups in total. The molecule has 0 saturated heterocycles. The van der Waals surface area contributed by atoms with Gasteiger partial charge in [0.1, 0.15) is 5.75 Å². The van der Waals surface area contributed by atoms with Gasteiger partial charge in [0.25, 0.3) is 5.91 Å². The van der Waals surface area contributed by atoms with Gasteiger partial charge < -0.3 is 15.4 Å². The van der Waals surface area contributed by atoms with Crippen LogP contribution in [-0.2, 0) is 23.1 Å². The summed E-state index contributed by atoms with van der Waals surface area (Å²) < 4.78 is 7.14. The molecule has 1 aliphatic rings. The summed E-state index contributed by atoms with van der Waals surface area (Å²) in [5.74, 6) is 0.400. The highest BCUT2D eigenvalue weighted by Gasteiger charge is 2.19. The first-order chi connectivity index (χ1) is 11.8. The molecule has 7 nitrogen and oxygen atoms in total. The maximum atomic E-state index is 12.4. The Morgan fingerprint density at radius 2 is 2.20 bits per heavy atom. The molecule has 0 saturated carbocycles. The first-order valence-electron chi connectivity index (χ1n) is 8.20. The Bertz CT molecular complexity index is 841. The van der Waals surface area contributed by atoms with Crippen LogP contribution in [0.2, 0.25) is 0 Å². The Balaban J connectivity index is 1.69. The maximum Gasteiger partial charge on any atom is 0.262 e. The monoisotopic (exact) mass is 342 g/mol. The second-order valence-electron chi connectivity index (χ2n) is 6.33. The maximum absolute atomic E-state index is 12.4. The summed E-state index contributed by atoms with van der Waals surface area (Å²) in [5, 5.41) is 10.1. The summed E-state index contributed by atoms with van der Waals surface area (Å²) in [6.45, 7) is 5.81. The van der Waals surface area contributed by atoms with Crippen molar-refractivity contribution in [2.45, 2.75) is 33.2 Å². The zero-order chi connectivity index (χ0) is 18.1. The van der Waals surface area contributed by atoms with Crippen molar-refractivity contribution in [2.75, 3.05) is 11.9 Å². The van der Waals surface area contributed by atoms with Crippen LogP contribution in [0.15, 0.2) is 18.2 Å². The zero-order valence-corrected chi connectivity index (χ0v) is 14.8. The number of ether oxygens (including phenoxy) is 1. The molecule has 1 aromatic carbocycles. The molecule has 25 heavy (non-hydrogen) atoms. The van der Waals surface area contributed by atoms with Crippen LogP contribution in [0.3, 0.4) is 0 Å². The summed E-state index contributed by atoms with van der Waals surface area (Å²) in [6.07, 6.45) is 0.292. The van der Waals surface area contributed by atoms with Crippen molar-refractivity contribution in [1.29, 1.82) is 0 Å². The van der Waals surface area contributed by atoms with Crippen LogP contribution < -0.4 is 15.4 Å². The van der Waals surface area contributed by atoms with Crippen LogP contribution in [0.4, 0.5) is 5.69 Å². The quantitative estimate of drug-likeness (QED) is 0.887. The third-order valence-corrected chi connectivity index (χ3v) is 4.51. The van der Waals surface area contributed by atoms with Gasteiger partial charge in [-0.3, -0.25) is 14.3 Å². The van der Waals surface area contributed by atoms with E-state index in [1.54, 1.807) is 4.68 Å². The van der Waals surface area contributed by atoms with Crippen molar-refractivity contribution in [1.82, 2.24) is 15.1 Å². The molecule has 1 atom stereocenters. The van der Waals surface area contributed by atoms with Gasteiger partial charge in [-0.05, 0) is 38.5 Å². The van der Waals surface area contributed by atoms with E-state index in [1.165, 1.54) is 0 Å². The highest BCUT2D eigenvalue weighted by molar-refractivity contribution is 5.95. The largest absolute Gasteiger partial charge is 0.482 e. The lowest BCUT2D eigenvalue weighted by atomic mass is 10.1. The van der Waals surface area contributed by atoms with E-state index in [4.69, 9.17) is 4.74 Å². The number of benzene rings is 1. The predicted molar refractivity (Wildman–Crippen MR) is 93.5 cm³/mol. The van der Waals surface area contributed by atoms with E-state index in [2.05, 4.69) is 15.7 Å². The van der Waals surface area contributed by atoms with Crippen LogP contribution in [-0.4, -0.2) is 28.2 Å². The minimum absolute atomic E-state index is 0.0302. The average molecular weight is 342 g/mol. The molecule has 0 bridgehead atoms. The second-order valence-corrected chi connectivity index (χ2v) is 6.33. The van der Waals surface area contributed by atoms with Crippen molar-refractivity contribution in [3.8, 4) is 5.75 Å². The fourth-order valence-electron chi connectivity index (χ4n) is 2.98. The topological polar surface area (TPSA) is 85.3 Å². The van der Waals surface area contributed by atoms with Gasteiger partial charge in [-0.2, -0.15) is 5.10 Å². The minimum atomic E-state index is -0.186. The van der Waals surface area contributed by atoms with E-state index in [1.807, 2.05) is 46.0 Å². The van der Waals surface area contributed by atoms with E-state index >= 15 is 0 Å². The Hall–Kier alpha value is -2.83. The van der Waals surface area contributed by atoms with E-state index in [-0.39, 0.29) is 24.5 Å². The Morgan fingerprint density at radius 3 is 2.88 bits per heavy atom. The van der Waals surface area contributed by atoms with Gasteiger partial charge in [-0.25, -0.2) is 0 Å². The number of nitrogens with zero attached hydrogens (tertiary/aromatic N) is 2. The van der Waals surface area contributed by atoms with E-state index < -0.39 is 0 Å². The third-order valence-electron chi connectivity index (χ3n) is 4.51. The number of nitrogens with one attached hydrogen (secondary N) is 2. The molecular weight excluding hydrogens is 320 g/mol. The van der Waals surface area contributed by atoms with Gasteiger partial charge in [0.05, 0.1) is 23.8 Å². The average Bonchev–Trinajstić information content (AvgIpc) is 2.80. The number of rotatable bonds is 4. The van der Waals surface area contributed by atoms with E-state index in [9.17, 15) is 9.59 Å². The second kappa shape index (κ2) is 6.58. The first kappa shape index (κ1) is 17.0. The normalized spacial score (nSPS) is 14.3. The number of hydrogen-bond donors (Lipinski definition) is 2. The minimum Gasteiger partial charge on any atom is -0.482 e. The first-order valence-corrected chi connectivity index (χ1v) is 8.20. The molecule has 132 valence electrons. The van der Waals surface area contributed by atoms with Crippen LogP contribution in [0.1, 0.15) is 35.5 Å². The summed E-state index contributed by atoms with van der Waals surface area (Å²) >= 11 is 0. The fourth-order valence-corrected chi connectivity index (χ4v) is 2.98. The van der Waals surface area contributed by atoms with Crippen LogP contribution >= 0.6 is 0 Å². The highest BCUT2D eigenvalue weighted by Crippen LogP contribution is 2.30. The molecular formula is C18H22N4O3. The number of carbonyl (C=O) groups excluding carboxylic acids is 2. The smallest absolute Gasteiger partial charge is 0.262 e. The van der Waals surface area contributed by atoms with Gasteiger partial charge >= 0.3 is 0 Å². The number of aromatic nitrogens is 2. The van der Waals surface area contributed by atoms with Gasteiger partial charge in [-0.1, -0.05) is 6.07 Å². The Kier molecular flexibility index (Phi) is 4.48. The van der Waals surface area contributed by atoms with Gasteiger partial charge in [0, 0.05) is 18.3 Å². The van der Waals surface area contributed by atoms with Crippen molar-refractivity contribution >= 4 is 17.5 Å². The number of carbonyl (C=O) groups is 2. The van der Waals surface area contributed by atoms with Crippen molar-refractivity contribution in [3.05, 3.63) is 40.7 Å². The lowest BCUT2D eigenvalue weighted by Crippen LogP contribution is -2.29. The number of amides is 2. The SMILES string of the molecule is Cc1nn(C)c(C)c1CC(=O)N[C@@H](C)c1ccc2c(c1)NC(=O)CO2. The summed E-state index contributed by atoms with van der Waals surface area (Å²) in [6, 6.07) is 5.34. The zero-order valence-electron chi connectivity index (χ0n) is 14.8. The third kappa shape index (κ3) is 3.50. The lowest BCUT2D eigenvalue weighted by Gasteiger charge is -2.21. The highest BCUT2D eigenvalue weighted by atomic mass is 16.5. The Labute approximate surface area is 146 Å². The number of fused-ring (bicyclic) bond motifs is 1. The van der Waals surface area contributed by atoms with E-state index in [0.29, 0.717) is 17.9 Å². The molecule has 2 amide bonds. The van der Waals surface area contributed by atoms with Crippen molar-refractivity contribution in [3.63, 3.8) is 0 Å². The molecule has 1 aromatic heterocycles. The molecule has 0 radical (unpaired) electrons. The molecule has 3 rings (SSSR count). The Morgan fingerprint density at radius 1 is 1.44 bits per heavy atom. The predicted octanol–water partition coefficient (Wildman–Crippen LogP) is 1.79. The molecule has 2 aromatic rings. The fraction of sp³-hybridized carbons (Fsp3) is 0.389. The van der Waals surface area contributed by atoms with Crippen LogP contribution in [0.25, 0.3) is 0 Å². The molecule has 1 aliphatic heterocycles. The molecule has 7 heteroatoms. The number of hydrogen-bond acceptors (Lipinski definition) is 4. The molecule has 0 aliphatic carbocycles. The molecule has 2 heterocycles. The van der Waals surface area contributed by atoms with Gasteiger partial charge in [0.2, 0.25) is 5.91 Å². The molecule has 0 fully saturated rings. The number of anilines is 1. The summed E-state index contributed by atoms with van der Waals surface area (Å²) in [4.78, 5) is 23.8. The lowest BCUT2D eigenvalue weighted by molar-refractivity contribution is -0.121. The van der Waals surface area contributed by atoms with Crippen LogP contribution in [0, 0.1) is 13.8 Å². The number of aryl methyl sites for hydroxylation is 2. The van der Waals surface area contributed by atoms with Crippen molar-refractivity contribution in [2.24, 2.45) is 7.05 Å². The van der Waals surface area contributed by atoms with E-state index in [0.717, 1.165) is 22.5 Å². The standard InChI is InChI=1S/C18H22N4O3/c1-10(13-5-6-16-15(7-13)20-18(24)9-25-16)19-17(23)8-14-11(2)21-22(4)12(14)3/h5-7,10H,8-9H2,1-4H3,(H,19,23)(H,20,24)/t10-/m0/s1. The van der Waals surface area contributed by atoms with Crippen molar-refractivity contribution < 1.29 is 14.3 Å². The molecule has 0 unspecified atom stereocenters. The summed E-state index contributed by atoms with van der Waals surface area (Å²) in [5.41, 5.74) is 4.36. The van der Waals surface area contributed by atoms with Gasteiger partial charge in [0.15, 0.2) is 6.61 Å².